The van der Waals surface area contributed by atoms with Crippen LogP contribution in [0.2, 0.25) is 5.02 Å². The van der Waals surface area contributed by atoms with Crippen molar-refractivity contribution in [2.24, 2.45) is 0 Å². The van der Waals surface area contributed by atoms with Crippen LogP contribution in [0.15, 0.2) is 36.4 Å². The SMILES string of the molecule is Cc1ccc(N)c(-c2nc3cc(Cl)ccc3n2C(C)C)c1. The maximum atomic E-state index is 6.16. The molecular formula is C17H18ClN3. The van der Waals surface area contributed by atoms with Gasteiger partial charge in [0.05, 0.1) is 11.0 Å². The van der Waals surface area contributed by atoms with E-state index in [0.29, 0.717) is 5.02 Å². The molecule has 2 aromatic carbocycles. The summed E-state index contributed by atoms with van der Waals surface area (Å²) in [6.07, 6.45) is 0. The minimum absolute atomic E-state index is 0.283. The lowest BCUT2D eigenvalue weighted by Gasteiger charge is -2.14. The Morgan fingerprint density at radius 3 is 2.62 bits per heavy atom. The second kappa shape index (κ2) is 5.08. The number of nitrogens with zero attached hydrogens (tertiary/aromatic N) is 2. The minimum atomic E-state index is 0.283. The monoisotopic (exact) mass is 299 g/mol. The Kier molecular flexibility index (Phi) is 3.38. The third-order valence-corrected chi connectivity index (χ3v) is 3.85. The van der Waals surface area contributed by atoms with E-state index in [0.717, 1.165) is 28.1 Å². The van der Waals surface area contributed by atoms with Crippen LogP contribution in [0.4, 0.5) is 5.69 Å². The quantitative estimate of drug-likeness (QED) is 0.689. The predicted octanol–water partition coefficient (Wildman–Crippen LogP) is 4.83. The normalized spacial score (nSPS) is 11.5. The van der Waals surface area contributed by atoms with E-state index in [1.165, 1.54) is 5.56 Å². The molecular weight excluding hydrogens is 282 g/mol. The van der Waals surface area contributed by atoms with Crippen LogP contribution in [-0.2, 0) is 0 Å². The molecule has 0 spiro atoms. The third-order valence-electron chi connectivity index (χ3n) is 3.62. The molecule has 1 heterocycles. The Bertz CT molecular complexity index is 818. The zero-order chi connectivity index (χ0) is 15.1. The van der Waals surface area contributed by atoms with E-state index in [-0.39, 0.29) is 6.04 Å². The molecule has 0 saturated heterocycles. The van der Waals surface area contributed by atoms with Crippen LogP contribution in [-0.4, -0.2) is 9.55 Å². The number of halogens is 1. The third kappa shape index (κ3) is 2.38. The molecule has 0 bridgehead atoms. The molecule has 0 amide bonds. The first-order valence-electron chi connectivity index (χ1n) is 7.01. The lowest BCUT2D eigenvalue weighted by atomic mass is 10.1. The van der Waals surface area contributed by atoms with E-state index in [1.54, 1.807) is 0 Å². The van der Waals surface area contributed by atoms with E-state index in [2.05, 4.69) is 31.4 Å². The van der Waals surface area contributed by atoms with Crippen LogP contribution in [0.25, 0.3) is 22.4 Å². The van der Waals surface area contributed by atoms with Crippen molar-refractivity contribution in [3.8, 4) is 11.4 Å². The van der Waals surface area contributed by atoms with Gasteiger partial charge in [0.25, 0.3) is 0 Å². The first-order chi connectivity index (χ1) is 9.97. The molecule has 0 unspecified atom stereocenters. The second-order valence-corrected chi connectivity index (χ2v) is 6.06. The van der Waals surface area contributed by atoms with Crippen LogP contribution in [0, 0.1) is 6.92 Å². The summed E-state index contributed by atoms with van der Waals surface area (Å²) >= 11 is 6.09. The molecule has 0 fully saturated rings. The van der Waals surface area contributed by atoms with Crippen LogP contribution >= 0.6 is 11.6 Å². The Morgan fingerprint density at radius 2 is 1.90 bits per heavy atom. The van der Waals surface area contributed by atoms with Crippen molar-refractivity contribution < 1.29 is 0 Å². The van der Waals surface area contributed by atoms with Gasteiger partial charge in [-0.3, -0.25) is 0 Å². The number of benzene rings is 2. The van der Waals surface area contributed by atoms with Crippen LogP contribution in [0.3, 0.4) is 0 Å². The van der Waals surface area contributed by atoms with Crippen molar-refractivity contribution in [2.45, 2.75) is 26.8 Å². The smallest absolute Gasteiger partial charge is 0.143 e. The zero-order valence-electron chi connectivity index (χ0n) is 12.4. The van der Waals surface area contributed by atoms with E-state index >= 15 is 0 Å². The molecule has 0 aliphatic rings. The van der Waals surface area contributed by atoms with Crippen molar-refractivity contribution in [1.82, 2.24) is 9.55 Å². The summed E-state index contributed by atoms with van der Waals surface area (Å²) in [5.41, 5.74) is 11.0. The molecule has 3 aromatic rings. The Labute approximate surface area is 129 Å². The summed E-state index contributed by atoms with van der Waals surface area (Å²) in [7, 11) is 0. The highest BCUT2D eigenvalue weighted by atomic mass is 35.5. The molecule has 3 rings (SSSR count). The average Bonchev–Trinajstić information content (AvgIpc) is 2.79. The largest absolute Gasteiger partial charge is 0.398 e. The molecule has 3 nitrogen and oxygen atoms in total. The summed E-state index contributed by atoms with van der Waals surface area (Å²) in [6, 6.07) is 12.1. The lowest BCUT2D eigenvalue weighted by Crippen LogP contribution is -2.04. The maximum absolute atomic E-state index is 6.16. The number of anilines is 1. The van der Waals surface area contributed by atoms with Gasteiger partial charge in [-0.25, -0.2) is 4.98 Å². The fourth-order valence-electron chi connectivity index (χ4n) is 2.65. The molecule has 0 saturated carbocycles. The Hall–Kier alpha value is -2.00. The number of aromatic nitrogens is 2. The highest BCUT2D eigenvalue weighted by Crippen LogP contribution is 2.33. The summed E-state index contributed by atoms with van der Waals surface area (Å²) in [5, 5.41) is 0.694. The van der Waals surface area contributed by atoms with E-state index < -0.39 is 0 Å². The average molecular weight is 300 g/mol. The fourth-order valence-corrected chi connectivity index (χ4v) is 2.81. The van der Waals surface area contributed by atoms with Gasteiger partial charge >= 0.3 is 0 Å². The highest BCUT2D eigenvalue weighted by molar-refractivity contribution is 6.31. The molecule has 0 radical (unpaired) electrons. The number of aryl methyl sites for hydroxylation is 1. The van der Waals surface area contributed by atoms with Crippen molar-refractivity contribution in [2.75, 3.05) is 5.73 Å². The van der Waals surface area contributed by atoms with Gasteiger partial charge in [0, 0.05) is 22.3 Å². The molecule has 0 atom stereocenters. The molecule has 4 heteroatoms. The van der Waals surface area contributed by atoms with Gasteiger partial charge in [-0.15, -0.1) is 0 Å². The van der Waals surface area contributed by atoms with Gasteiger partial charge in [0.15, 0.2) is 0 Å². The van der Waals surface area contributed by atoms with E-state index in [1.807, 2.05) is 30.3 Å². The standard InChI is InChI=1S/C17H18ClN3/c1-10(2)21-16-7-5-12(18)9-15(16)20-17(21)13-8-11(3)4-6-14(13)19/h4-10H,19H2,1-3H3. The van der Waals surface area contributed by atoms with Crippen molar-refractivity contribution in [1.29, 1.82) is 0 Å². The summed E-state index contributed by atoms with van der Waals surface area (Å²) in [4.78, 5) is 4.77. The van der Waals surface area contributed by atoms with Gasteiger partial charge in [0.1, 0.15) is 5.82 Å². The number of hydrogen-bond donors (Lipinski definition) is 1. The number of fused-ring (bicyclic) bond motifs is 1. The number of imidazole rings is 1. The van der Waals surface area contributed by atoms with Crippen LogP contribution in [0.5, 0.6) is 0 Å². The Morgan fingerprint density at radius 1 is 1.14 bits per heavy atom. The van der Waals surface area contributed by atoms with Crippen molar-refractivity contribution >= 4 is 28.3 Å². The number of nitrogen functional groups attached to an aromatic ring is 1. The molecule has 108 valence electrons. The first kappa shape index (κ1) is 14.0. The highest BCUT2D eigenvalue weighted by Gasteiger charge is 2.17. The maximum Gasteiger partial charge on any atom is 0.143 e. The first-order valence-corrected chi connectivity index (χ1v) is 7.39. The molecule has 0 aliphatic carbocycles. The van der Waals surface area contributed by atoms with Crippen molar-refractivity contribution in [3.63, 3.8) is 0 Å². The number of hydrogen-bond acceptors (Lipinski definition) is 2. The fraction of sp³-hybridized carbons (Fsp3) is 0.235. The predicted molar refractivity (Wildman–Crippen MR) is 89.7 cm³/mol. The lowest BCUT2D eigenvalue weighted by molar-refractivity contribution is 0.624. The van der Waals surface area contributed by atoms with Crippen molar-refractivity contribution in [3.05, 3.63) is 47.0 Å². The molecule has 21 heavy (non-hydrogen) atoms. The van der Waals surface area contributed by atoms with E-state index in [4.69, 9.17) is 22.3 Å². The van der Waals surface area contributed by atoms with E-state index in [9.17, 15) is 0 Å². The molecule has 0 aliphatic heterocycles. The summed E-state index contributed by atoms with van der Waals surface area (Å²) in [6.45, 7) is 6.35. The van der Waals surface area contributed by atoms with Crippen LogP contribution in [0.1, 0.15) is 25.5 Å². The van der Waals surface area contributed by atoms with Crippen LogP contribution < -0.4 is 5.73 Å². The van der Waals surface area contributed by atoms with Gasteiger partial charge in [0.2, 0.25) is 0 Å². The minimum Gasteiger partial charge on any atom is -0.398 e. The Balaban J connectivity index is 2.36. The number of rotatable bonds is 2. The topological polar surface area (TPSA) is 43.8 Å². The summed E-state index contributed by atoms with van der Waals surface area (Å²) in [5.74, 6) is 0.892. The zero-order valence-corrected chi connectivity index (χ0v) is 13.1. The number of nitrogens with two attached hydrogens (primary N) is 1. The summed E-state index contributed by atoms with van der Waals surface area (Å²) < 4.78 is 2.21. The molecule has 1 aromatic heterocycles. The molecule has 2 N–H and O–H groups in total. The van der Waals surface area contributed by atoms with Gasteiger partial charge < -0.3 is 10.3 Å². The second-order valence-electron chi connectivity index (χ2n) is 5.62. The van der Waals surface area contributed by atoms with Gasteiger partial charge in [-0.05, 0) is 51.1 Å². The van der Waals surface area contributed by atoms with Gasteiger partial charge in [-0.1, -0.05) is 23.2 Å². The van der Waals surface area contributed by atoms with Gasteiger partial charge in [-0.2, -0.15) is 0 Å².